The number of H-pyrrole nitrogens is 1. The van der Waals surface area contributed by atoms with Gasteiger partial charge in [-0.25, -0.2) is 8.78 Å². The van der Waals surface area contributed by atoms with E-state index >= 15 is 0 Å². The molecule has 0 aliphatic carbocycles. The normalized spacial score (nSPS) is 10.8. The van der Waals surface area contributed by atoms with E-state index in [-0.39, 0.29) is 17.5 Å². The van der Waals surface area contributed by atoms with Crippen LogP contribution in [-0.2, 0) is 0 Å². The number of hydrogen-bond acceptors (Lipinski definition) is 2. The zero-order valence-electron chi connectivity index (χ0n) is 10.7. The summed E-state index contributed by atoms with van der Waals surface area (Å²) in [6.07, 6.45) is 0. The van der Waals surface area contributed by atoms with Crippen molar-refractivity contribution < 1.29 is 8.78 Å². The number of nitrogen functional groups attached to an aromatic ring is 1. The second-order valence-electron chi connectivity index (χ2n) is 4.46. The molecule has 0 fully saturated rings. The number of nitrogens with one attached hydrogen (secondary N) is 1. The van der Waals surface area contributed by atoms with Gasteiger partial charge in [-0.1, -0.05) is 18.2 Å². The van der Waals surface area contributed by atoms with E-state index < -0.39 is 0 Å². The Labute approximate surface area is 133 Å². The molecule has 0 unspecified atom stereocenters. The minimum absolute atomic E-state index is 0.204. The van der Waals surface area contributed by atoms with Gasteiger partial charge in [0, 0.05) is 14.7 Å². The van der Waals surface area contributed by atoms with Crippen LogP contribution >= 0.6 is 22.6 Å². The maximum atomic E-state index is 14.0. The van der Waals surface area contributed by atoms with Crippen molar-refractivity contribution in [3.05, 3.63) is 57.7 Å². The van der Waals surface area contributed by atoms with Crippen LogP contribution in [0, 0.1) is 15.2 Å². The van der Waals surface area contributed by atoms with Crippen molar-refractivity contribution in [3.8, 4) is 22.4 Å². The van der Waals surface area contributed by atoms with Crippen LogP contribution in [0.1, 0.15) is 0 Å². The predicted molar refractivity (Wildman–Crippen MR) is 86.5 cm³/mol. The standard InChI is InChI=1S/C15H10F2IN3/c16-8-5-6-10(12(18)7-8)14-13(15(19)21-20-14)9-3-1-2-4-11(9)17/h1-7H,(H3,19,20,21). The first-order valence-corrected chi connectivity index (χ1v) is 7.20. The Morgan fingerprint density at radius 3 is 2.52 bits per heavy atom. The Kier molecular flexibility index (Phi) is 3.62. The van der Waals surface area contributed by atoms with Crippen molar-refractivity contribution in [1.82, 2.24) is 10.2 Å². The van der Waals surface area contributed by atoms with Gasteiger partial charge in [-0.3, -0.25) is 5.10 Å². The molecule has 6 heteroatoms. The van der Waals surface area contributed by atoms with E-state index in [9.17, 15) is 8.78 Å². The van der Waals surface area contributed by atoms with E-state index in [0.29, 0.717) is 20.4 Å². The highest BCUT2D eigenvalue weighted by molar-refractivity contribution is 14.1. The van der Waals surface area contributed by atoms with E-state index in [1.165, 1.54) is 18.2 Å². The zero-order valence-corrected chi connectivity index (χ0v) is 12.9. The molecular formula is C15H10F2IN3. The topological polar surface area (TPSA) is 54.7 Å². The van der Waals surface area contributed by atoms with Gasteiger partial charge in [0.1, 0.15) is 11.6 Å². The van der Waals surface area contributed by atoms with E-state index in [1.807, 2.05) is 22.6 Å². The molecule has 1 heterocycles. The SMILES string of the molecule is Nc1n[nH]c(-c2ccc(F)cc2I)c1-c1ccccc1F. The highest BCUT2D eigenvalue weighted by Gasteiger charge is 2.19. The summed E-state index contributed by atoms with van der Waals surface area (Å²) < 4.78 is 28.0. The first-order chi connectivity index (χ1) is 10.1. The zero-order chi connectivity index (χ0) is 15.0. The fourth-order valence-corrected chi connectivity index (χ4v) is 2.93. The molecule has 0 atom stereocenters. The predicted octanol–water partition coefficient (Wildman–Crippen LogP) is 4.21. The summed E-state index contributed by atoms with van der Waals surface area (Å²) in [5.41, 5.74) is 8.01. The number of nitrogens with two attached hydrogens (primary N) is 1. The molecule has 2 aromatic carbocycles. The molecule has 106 valence electrons. The van der Waals surface area contributed by atoms with Gasteiger partial charge in [-0.15, -0.1) is 0 Å². The monoisotopic (exact) mass is 397 g/mol. The Hall–Kier alpha value is -1.96. The van der Waals surface area contributed by atoms with Crippen LogP contribution in [0.3, 0.4) is 0 Å². The molecule has 0 saturated carbocycles. The minimum Gasteiger partial charge on any atom is -0.382 e. The third kappa shape index (κ3) is 2.51. The van der Waals surface area contributed by atoms with E-state index in [0.717, 1.165) is 5.56 Å². The van der Waals surface area contributed by atoms with Gasteiger partial charge >= 0.3 is 0 Å². The number of hydrogen-bond donors (Lipinski definition) is 2. The lowest BCUT2D eigenvalue weighted by Gasteiger charge is -2.07. The largest absolute Gasteiger partial charge is 0.382 e. The lowest BCUT2D eigenvalue weighted by Crippen LogP contribution is -1.92. The highest BCUT2D eigenvalue weighted by atomic mass is 127. The van der Waals surface area contributed by atoms with E-state index in [4.69, 9.17) is 5.73 Å². The van der Waals surface area contributed by atoms with Crippen LogP contribution in [0.5, 0.6) is 0 Å². The smallest absolute Gasteiger partial charge is 0.153 e. The van der Waals surface area contributed by atoms with Gasteiger partial charge in [-0.05, 0) is 46.9 Å². The number of nitrogens with zero attached hydrogens (tertiary/aromatic N) is 1. The summed E-state index contributed by atoms with van der Waals surface area (Å²) in [5, 5.41) is 6.77. The van der Waals surface area contributed by atoms with Crippen molar-refractivity contribution in [2.75, 3.05) is 5.73 Å². The van der Waals surface area contributed by atoms with Crippen LogP contribution in [-0.4, -0.2) is 10.2 Å². The molecule has 21 heavy (non-hydrogen) atoms. The lowest BCUT2D eigenvalue weighted by atomic mass is 10.0. The quantitative estimate of drug-likeness (QED) is 0.637. The Balaban J connectivity index is 2.25. The molecule has 0 aliphatic rings. The van der Waals surface area contributed by atoms with Crippen LogP contribution in [0.15, 0.2) is 42.5 Å². The summed E-state index contributed by atoms with van der Waals surface area (Å²) in [6, 6.07) is 10.7. The molecular weight excluding hydrogens is 387 g/mol. The molecule has 0 radical (unpaired) electrons. The molecule has 3 aromatic rings. The number of aromatic nitrogens is 2. The van der Waals surface area contributed by atoms with Gasteiger partial charge in [0.05, 0.1) is 11.3 Å². The third-order valence-electron chi connectivity index (χ3n) is 3.14. The van der Waals surface area contributed by atoms with Gasteiger partial charge < -0.3 is 5.73 Å². The molecule has 0 amide bonds. The minimum atomic E-state index is -0.385. The van der Waals surface area contributed by atoms with Gasteiger partial charge in [0.2, 0.25) is 0 Å². The van der Waals surface area contributed by atoms with Gasteiger partial charge in [0.25, 0.3) is 0 Å². The maximum absolute atomic E-state index is 14.0. The lowest BCUT2D eigenvalue weighted by molar-refractivity contribution is 0.627. The van der Waals surface area contributed by atoms with Crippen LogP contribution < -0.4 is 5.73 Å². The van der Waals surface area contributed by atoms with Gasteiger partial charge in [-0.2, -0.15) is 5.10 Å². The van der Waals surface area contributed by atoms with Crippen molar-refractivity contribution in [2.24, 2.45) is 0 Å². The number of halogens is 3. The molecule has 0 saturated heterocycles. The van der Waals surface area contributed by atoms with E-state index in [1.54, 1.807) is 24.3 Å². The third-order valence-corrected chi connectivity index (χ3v) is 4.03. The molecule has 1 aromatic heterocycles. The average Bonchev–Trinajstić information content (AvgIpc) is 2.81. The number of benzene rings is 2. The Bertz CT molecular complexity index is 814. The molecule has 0 bridgehead atoms. The molecule has 3 rings (SSSR count). The van der Waals surface area contributed by atoms with Crippen LogP contribution in [0.4, 0.5) is 14.6 Å². The molecule has 3 nitrogen and oxygen atoms in total. The fraction of sp³-hybridized carbons (Fsp3) is 0. The molecule has 3 N–H and O–H groups in total. The number of aromatic amines is 1. The van der Waals surface area contributed by atoms with Crippen molar-refractivity contribution in [3.63, 3.8) is 0 Å². The second-order valence-corrected chi connectivity index (χ2v) is 5.63. The first kappa shape index (κ1) is 14.0. The Morgan fingerprint density at radius 1 is 1.05 bits per heavy atom. The number of anilines is 1. The fourth-order valence-electron chi connectivity index (χ4n) is 2.18. The van der Waals surface area contributed by atoms with Crippen molar-refractivity contribution >= 4 is 28.4 Å². The Morgan fingerprint density at radius 2 is 1.81 bits per heavy atom. The average molecular weight is 397 g/mol. The molecule has 0 spiro atoms. The summed E-state index contributed by atoms with van der Waals surface area (Å²) in [7, 11) is 0. The van der Waals surface area contributed by atoms with Crippen LogP contribution in [0.25, 0.3) is 22.4 Å². The molecule has 0 aliphatic heterocycles. The van der Waals surface area contributed by atoms with E-state index in [2.05, 4.69) is 10.2 Å². The van der Waals surface area contributed by atoms with Crippen molar-refractivity contribution in [1.29, 1.82) is 0 Å². The van der Waals surface area contributed by atoms with Crippen LogP contribution in [0.2, 0.25) is 0 Å². The summed E-state index contributed by atoms with van der Waals surface area (Å²) in [6.45, 7) is 0. The first-order valence-electron chi connectivity index (χ1n) is 6.12. The summed E-state index contributed by atoms with van der Waals surface area (Å²) in [5.74, 6) is -0.512. The highest BCUT2D eigenvalue weighted by Crippen LogP contribution is 2.37. The second kappa shape index (κ2) is 5.44. The number of rotatable bonds is 2. The van der Waals surface area contributed by atoms with Gasteiger partial charge in [0.15, 0.2) is 5.82 Å². The van der Waals surface area contributed by atoms with Crippen molar-refractivity contribution in [2.45, 2.75) is 0 Å². The maximum Gasteiger partial charge on any atom is 0.153 e. The summed E-state index contributed by atoms with van der Waals surface area (Å²) in [4.78, 5) is 0. The summed E-state index contributed by atoms with van der Waals surface area (Å²) >= 11 is 2.02.